The maximum absolute atomic E-state index is 4.59. The summed E-state index contributed by atoms with van der Waals surface area (Å²) in [5.74, 6) is 2.41. The summed E-state index contributed by atoms with van der Waals surface area (Å²) in [6.45, 7) is 5.46. The van der Waals surface area contributed by atoms with Crippen LogP contribution in [0, 0.1) is 5.92 Å². The van der Waals surface area contributed by atoms with Gasteiger partial charge < -0.3 is 15.1 Å². The lowest BCUT2D eigenvalue weighted by Gasteiger charge is -2.45. The van der Waals surface area contributed by atoms with E-state index in [0.29, 0.717) is 5.92 Å². The molecule has 3 unspecified atom stereocenters. The molecule has 3 rings (SSSR count). The first-order chi connectivity index (χ1) is 12.4. The van der Waals surface area contributed by atoms with E-state index in [2.05, 4.69) is 52.4 Å². The summed E-state index contributed by atoms with van der Waals surface area (Å²) in [5.41, 5.74) is 1.59. The number of aliphatic imine (C=N–C) groups is 1. The van der Waals surface area contributed by atoms with Gasteiger partial charge in [-0.3, -0.25) is 9.67 Å². The van der Waals surface area contributed by atoms with Crippen molar-refractivity contribution in [3.05, 3.63) is 18.0 Å². The van der Waals surface area contributed by atoms with Gasteiger partial charge in [0.05, 0.1) is 6.20 Å². The maximum Gasteiger partial charge on any atom is 0.193 e. The van der Waals surface area contributed by atoms with Crippen molar-refractivity contribution in [2.24, 2.45) is 18.0 Å². The predicted octanol–water partition coefficient (Wildman–Crippen LogP) is 2.30. The van der Waals surface area contributed by atoms with Gasteiger partial charge in [-0.05, 0) is 44.8 Å². The van der Waals surface area contributed by atoms with Crippen molar-refractivity contribution in [1.29, 1.82) is 0 Å². The molecule has 0 spiro atoms. The summed E-state index contributed by atoms with van der Waals surface area (Å²) < 4.78 is 1.90. The lowest BCUT2D eigenvalue weighted by molar-refractivity contribution is 0.0790. The molecule has 6 heteroatoms. The van der Waals surface area contributed by atoms with E-state index in [4.69, 9.17) is 0 Å². The molecule has 26 heavy (non-hydrogen) atoms. The van der Waals surface area contributed by atoms with Gasteiger partial charge in [0.15, 0.2) is 5.96 Å². The van der Waals surface area contributed by atoms with Crippen LogP contribution in [0.25, 0.3) is 0 Å². The van der Waals surface area contributed by atoms with Crippen LogP contribution < -0.4 is 5.32 Å². The Morgan fingerprint density at radius 3 is 2.85 bits per heavy atom. The van der Waals surface area contributed by atoms with Crippen molar-refractivity contribution >= 4 is 5.96 Å². The Morgan fingerprint density at radius 2 is 2.23 bits per heavy atom. The van der Waals surface area contributed by atoms with Crippen LogP contribution in [0.15, 0.2) is 17.4 Å². The minimum Gasteiger partial charge on any atom is -0.354 e. The van der Waals surface area contributed by atoms with Crippen molar-refractivity contribution in [1.82, 2.24) is 24.9 Å². The van der Waals surface area contributed by atoms with Gasteiger partial charge >= 0.3 is 0 Å². The van der Waals surface area contributed by atoms with E-state index in [1.54, 1.807) is 0 Å². The minimum absolute atomic E-state index is 0.246. The number of aromatic nitrogens is 2. The number of nitrogens with one attached hydrogen (secondary N) is 1. The Labute approximate surface area is 158 Å². The molecule has 6 nitrogen and oxygen atoms in total. The second kappa shape index (κ2) is 7.99. The highest BCUT2D eigenvalue weighted by molar-refractivity contribution is 5.80. The fourth-order valence-electron chi connectivity index (χ4n) is 4.81. The molecule has 0 amide bonds. The molecule has 1 saturated heterocycles. The van der Waals surface area contributed by atoms with E-state index in [1.807, 2.05) is 25.0 Å². The lowest BCUT2D eigenvalue weighted by Crippen LogP contribution is -2.56. The molecule has 2 heterocycles. The molecule has 2 fully saturated rings. The average molecular weight is 361 g/mol. The number of aryl methyl sites for hydroxylation is 1. The van der Waals surface area contributed by atoms with E-state index < -0.39 is 0 Å². The minimum atomic E-state index is 0.246. The van der Waals surface area contributed by atoms with Gasteiger partial charge in [0.1, 0.15) is 0 Å². The van der Waals surface area contributed by atoms with E-state index in [0.717, 1.165) is 31.5 Å². The second-order valence-corrected chi connectivity index (χ2v) is 8.60. The van der Waals surface area contributed by atoms with Crippen LogP contribution in [0.3, 0.4) is 0 Å². The topological polar surface area (TPSA) is 48.7 Å². The van der Waals surface area contributed by atoms with Gasteiger partial charge in [-0.2, -0.15) is 5.10 Å². The molecule has 2 aliphatic rings. The van der Waals surface area contributed by atoms with Crippen molar-refractivity contribution in [2.75, 3.05) is 40.8 Å². The van der Waals surface area contributed by atoms with Crippen LogP contribution in [0.5, 0.6) is 0 Å². The van der Waals surface area contributed by atoms with Gasteiger partial charge in [0, 0.05) is 51.4 Å². The van der Waals surface area contributed by atoms with Crippen LogP contribution >= 0.6 is 0 Å². The Bertz CT molecular complexity index is 622. The first-order valence-corrected chi connectivity index (χ1v) is 10.0. The number of nitrogens with zero attached hydrogens (tertiary/aromatic N) is 5. The fraction of sp³-hybridized carbons (Fsp3) is 0.800. The standard InChI is InChI=1S/C20H36N6/c1-16-7-6-9-20(11-16,24(3)4)15-22-19(21-2)26-10-8-17(14-26)18-12-23-25(5)13-18/h12-13,16-17H,6-11,14-15H2,1-5H3,(H,21,22). The van der Waals surface area contributed by atoms with Crippen LogP contribution in [0.1, 0.15) is 50.5 Å². The zero-order valence-electron chi connectivity index (χ0n) is 17.2. The molecule has 146 valence electrons. The van der Waals surface area contributed by atoms with Gasteiger partial charge in [-0.15, -0.1) is 0 Å². The molecule has 0 radical (unpaired) electrons. The lowest BCUT2D eigenvalue weighted by atomic mass is 9.75. The van der Waals surface area contributed by atoms with Crippen LogP contribution in [0.4, 0.5) is 0 Å². The number of likely N-dealkylation sites (tertiary alicyclic amines) is 1. The van der Waals surface area contributed by atoms with E-state index in [9.17, 15) is 0 Å². The second-order valence-electron chi connectivity index (χ2n) is 8.60. The molecule has 1 aliphatic heterocycles. The normalized spacial score (nSPS) is 30.2. The third-order valence-electron chi connectivity index (χ3n) is 6.49. The van der Waals surface area contributed by atoms with Gasteiger partial charge in [0.2, 0.25) is 0 Å². The van der Waals surface area contributed by atoms with Crippen molar-refractivity contribution in [2.45, 2.75) is 50.5 Å². The average Bonchev–Trinajstić information content (AvgIpc) is 3.24. The summed E-state index contributed by atoms with van der Waals surface area (Å²) in [6.07, 6.45) is 10.6. The van der Waals surface area contributed by atoms with Crippen LogP contribution in [-0.4, -0.2) is 71.9 Å². The molecule has 1 N–H and O–H groups in total. The number of likely N-dealkylation sites (N-methyl/N-ethyl adjacent to an activating group) is 1. The van der Waals surface area contributed by atoms with Gasteiger partial charge in [-0.25, -0.2) is 0 Å². The Kier molecular flexibility index (Phi) is 5.90. The highest BCUT2D eigenvalue weighted by Gasteiger charge is 2.37. The van der Waals surface area contributed by atoms with Gasteiger partial charge in [0.25, 0.3) is 0 Å². The number of hydrogen-bond donors (Lipinski definition) is 1. The van der Waals surface area contributed by atoms with E-state index in [1.165, 1.54) is 37.7 Å². The quantitative estimate of drug-likeness (QED) is 0.661. The van der Waals surface area contributed by atoms with E-state index >= 15 is 0 Å². The molecule has 1 saturated carbocycles. The van der Waals surface area contributed by atoms with Crippen molar-refractivity contribution in [3.63, 3.8) is 0 Å². The van der Waals surface area contributed by atoms with E-state index in [-0.39, 0.29) is 5.54 Å². The molecule has 0 aromatic carbocycles. The first kappa shape index (κ1) is 19.2. The largest absolute Gasteiger partial charge is 0.354 e. The zero-order valence-corrected chi connectivity index (χ0v) is 17.2. The van der Waals surface area contributed by atoms with Crippen LogP contribution in [0.2, 0.25) is 0 Å². The Hall–Kier alpha value is -1.56. The molecule has 1 aromatic rings. The molecule has 3 atom stereocenters. The molecule has 1 aromatic heterocycles. The summed E-state index contributed by atoms with van der Waals surface area (Å²) in [7, 11) is 8.36. The summed E-state index contributed by atoms with van der Waals surface area (Å²) in [4.78, 5) is 9.44. The third-order valence-corrected chi connectivity index (χ3v) is 6.49. The summed E-state index contributed by atoms with van der Waals surface area (Å²) >= 11 is 0. The summed E-state index contributed by atoms with van der Waals surface area (Å²) in [6, 6.07) is 0. The molecular weight excluding hydrogens is 324 g/mol. The zero-order chi connectivity index (χ0) is 18.7. The van der Waals surface area contributed by atoms with Crippen molar-refractivity contribution in [3.8, 4) is 0 Å². The molecular formula is C20H36N6. The number of guanidine groups is 1. The fourth-order valence-corrected chi connectivity index (χ4v) is 4.81. The van der Waals surface area contributed by atoms with Crippen molar-refractivity contribution < 1.29 is 0 Å². The Morgan fingerprint density at radius 1 is 1.42 bits per heavy atom. The highest BCUT2D eigenvalue weighted by Crippen LogP contribution is 2.35. The monoisotopic (exact) mass is 360 g/mol. The third kappa shape index (κ3) is 4.05. The number of hydrogen-bond acceptors (Lipinski definition) is 3. The molecule has 0 bridgehead atoms. The first-order valence-electron chi connectivity index (χ1n) is 10.0. The number of rotatable bonds is 4. The Balaban J connectivity index is 1.61. The molecule has 1 aliphatic carbocycles. The predicted molar refractivity (Wildman–Crippen MR) is 108 cm³/mol. The maximum atomic E-state index is 4.59. The van der Waals surface area contributed by atoms with Gasteiger partial charge in [-0.1, -0.05) is 19.8 Å². The summed E-state index contributed by atoms with van der Waals surface area (Å²) in [5, 5.41) is 8.05. The SMILES string of the molecule is CN=C(NCC1(N(C)C)CCCC(C)C1)N1CCC(c2cnn(C)c2)C1. The highest BCUT2D eigenvalue weighted by atomic mass is 15.3. The van der Waals surface area contributed by atoms with Crippen LogP contribution in [-0.2, 0) is 7.05 Å². The smallest absolute Gasteiger partial charge is 0.193 e.